The summed E-state index contributed by atoms with van der Waals surface area (Å²) < 4.78 is 0. The van der Waals surface area contributed by atoms with Crippen LogP contribution in [0.25, 0.3) is 0 Å². The van der Waals surface area contributed by atoms with Crippen molar-refractivity contribution >= 4 is 0 Å². The van der Waals surface area contributed by atoms with Gasteiger partial charge < -0.3 is 0 Å². The molecule has 0 bridgehead atoms. The minimum atomic E-state index is 0.0139. The smallest absolute Gasteiger partial charge is 0.0697 e. The molecule has 0 amide bonds. The van der Waals surface area contributed by atoms with Crippen LogP contribution in [-0.2, 0) is 0 Å². The summed E-state index contributed by atoms with van der Waals surface area (Å²) in [6, 6.07) is 2.06. The average Bonchev–Trinajstić information content (AvgIpc) is 1.65. The van der Waals surface area contributed by atoms with Crippen molar-refractivity contribution in [1.82, 2.24) is 0 Å². The molecule has 0 aliphatic rings. The molecule has 0 aromatic heterocycles. The normalized spacial score (nSPS) is 12.1. The van der Waals surface area contributed by atoms with E-state index >= 15 is 0 Å². The number of rotatable bonds is 1. The molecular formula is C6H9N. The molecule has 0 heterocycles. The molecule has 0 N–H and O–H groups in total. The molecule has 1 nitrogen and oxygen atoms in total. The van der Waals surface area contributed by atoms with Gasteiger partial charge in [-0.05, 0) is 13.8 Å². The largest absolute Gasteiger partial charge is 0.198 e. The second kappa shape index (κ2) is 2.41. The number of nitrogens with zero attached hydrogens (tertiary/aromatic N) is 1. The van der Waals surface area contributed by atoms with E-state index in [1.54, 1.807) is 0 Å². The van der Waals surface area contributed by atoms with Gasteiger partial charge in [0.15, 0.2) is 0 Å². The summed E-state index contributed by atoms with van der Waals surface area (Å²) in [6.07, 6.45) is 0. The minimum Gasteiger partial charge on any atom is -0.198 e. The number of hydrogen-bond acceptors (Lipinski definition) is 1. The van der Waals surface area contributed by atoms with Crippen molar-refractivity contribution in [3.63, 3.8) is 0 Å². The topological polar surface area (TPSA) is 23.8 Å². The SMILES string of the molecule is C=C(C)[C@H](C)C#N. The molecule has 0 fully saturated rings. The van der Waals surface area contributed by atoms with Gasteiger partial charge >= 0.3 is 0 Å². The number of nitriles is 1. The summed E-state index contributed by atoms with van der Waals surface area (Å²) in [5, 5.41) is 8.19. The van der Waals surface area contributed by atoms with E-state index in [0.29, 0.717) is 0 Å². The van der Waals surface area contributed by atoms with Crippen LogP contribution in [-0.4, -0.2) is 0 Å². The molecule has 0 spiro atoms. The molecule has 0 aliphatic carbocycles. The third-order valence-electron chi connectivity index (χ3n) is 0.933. The van der Waals surface area contributed by atoms with Crippen molar-refractivity contribution in [2.45, 2.75) is 13.8 Å². The summed E-state index contributed by atoms with van der Waals surface area (Å²) in [7, 11) is 0. The molecule has 7 heavy (non-hydrogen) atoms. The molecule has 1 heteroatoms. The quantitative estimate of drug-likeness (QED) is 0.455. The van der Waals surface area contributed by atoms with Gasteiger partial charge in [-0.2, -0.15) is 5.26 Å². The Kier molecular flexibility index (Phi) is 2.15. The third-order valence-corrected chi connectivity index (χ3v) is 0.933. The first-order chi connectivity index (χ1) is 3.18. The zero-order valence-electron chi connectivity index (χ0n) is 4.73. The van der Waals surface area contributed by atoms with E-state index in [9.17, 15) is 0 Å². The van der Waals surface area contributed by atoms with Gasteiger partial charge in [0.25, 0.3) is 0 Å². The summed E-state index contributed by atoms with van der Waals surface area (Å²) in [5.74, 6) is 0.0139. The van der Waals surface area contributed by atoms with Crippen molar-refractivity contribution in [3.8, 4) is 6.07 Å². The highest BCUT2D eigenvalue weighted by molar-refractivity contribution is 5.04. The Morgan fingerprint density at radius 2 is 2.29 bits per heavy atom. The van der Waals surface area contributed by atoms with Crippen LogP contribution >= 0.6 is 0 Å². The third kappa shape index (κ3) is 1.99. The van der Waals surface area contributed by atoms with E-state index in [4.69, 9.17) is 5.26 Å². The molecule has 0 aliphatic heterocycles. The Labute approximate surface area is 44.3 Å². The number of hydrogen-bond donors (Lipinski definition) is 0. The van der Waals surface area contributed by atoms with Gasteiger partial charge in [-0.15, -0.1) is 0 Å². The van der Waals surface area contributed by atoms with Gasteiger partial charge in [0.2, 0.25) is 0 Å². The first-order valence-electron chi connectivity index (χ1n) is 2.23. The fourth-order valence-corrected chi connectivity index (χ4v) is 0.110. The molecule has 0 aromatic rings. The maximum absolute atomic E-state index is 8.19. The summed E-state index contributed by atoms with van der Waals surface area (Å²) in [6.45, 7) is 7.29. The van der Waals surface area contributed by atoms with Crippen LogP contribution in [0.3, 0.4) is 0 Å². The van der Waals surface area contributed by atoms with Crippen molar-refractivity contribution in [2.24, 2.45) is 5.92 Å². The zero-order valence-corrected chi connectivity index (χ0v) is 4.73. The lowest BCUT2D eigenvalue weighted by atomic mass is 10.1. The standard InChI is InChI=1S/C6H9N/c1-5(2)6(3)4-7/h6H,1H2,2-3H3/t6-/m1/s1. The lowest BCUT2D eigenvalue weighted by molar-refractivity contribution is 0.884. The Morgan fingerprint density at radius 3 is 2.29 bits per heavy atom. The van der Waals surface area contributed by atoms with Crippen molar-refractivity contribution in [3.05, 3.63) is 12.2 Å². The summed E-state index contributed by atoms with van der Waals surface area (Å²) >= 11 is 0. The predicted molar refractivity (Wildman–Crippen MR) is 29.6 cm³/mol. The Balaban J connectivity index is 3.63. The molecule has 0 aromatic carbocycles. The van der Waals surface area contributed by atoms with Crippen LogP contribution in [0, 0.1) is 17.2 Å². The fourth-order valence-electron chi connectivity index (χ4n) is 0.110. The first-order valence-corrected chi connectivity index (χ1v) is 2.23. The average molecular weight is 95.1 g/mol. The number of allylic oxidation sites excluding steroid dienone is 1. The van der Waals surface area contributed by atoms with Gasteiger partial charge in [-0.1, -0.05) is 12.2 Å². The van der Waals surface area contributed by atoms with Crippen LogP contribution in [0.4, 0.5) is 0 Å². The van der Waals surface area contributed by atoms with E-state index in [1.165, 1.54) is 0 Å². The van der Waals surface area contributed by atoms with Crippen LogP contribution < -0.4 is 0 Å². The van der Waals surface area contributed by atoms with Crippen molar-refractivity contribution in [2.75, 3.05) is 0 Å². The van der Waals surface area contributed by atoms with Gasteiger partial charge in [0, 0.05) is 0 Å². The van der Waals surface area contributed by atoms with Crippen molar-refractivity contribution in [1.29, 1.82) is 5.26 Å². The minimum absolute atomic E-state index is 0.0139. The van der Waals surface area contributed by atoms with Crippen LogP contribution in [0.2, 0.25) is 0 Å². The lowest BCUT2D eigenvalue weighted by Crippen LogP contribution is -1.87. The van der Waals surface area contributed by atoms with Gasteiger partial charge in [0.05, 0.1) is 12.0 Å². The van der Waals surface area contributed by atoms with E-state index < -0.39 is 0 Å². The molecule has 0 rings (SSSR count). The fraction of sp³-hybridized carbons (Fsp3) is 0.500. The van der Waals surface area contributed by atoms with Crippen LogP contribution in [0.1, 0.15) is 13.8 Å². The molecule has 1 atom stereocenters. The monoisotopic (exact) mass is 95.1 g/mol. The Morgan fingerprint density at radius 1 is 1.86 bits per heavy atom. The maximum atomic E-state index is 8.19. The molecule has 0 unspecified atom stereocenters. The highest BCUT2D eigenvalue weighted by Crippen LogP contribution is 2.02. The van der Waals surface area contributed by atoms with Crippen molar-refractivity contribution < 1.29 is 0 Å². The van der Waals surface area contributed by atoms with Gasteiger partial charge in [0.1, 0.15) is 0 Å². The zero-order chi connectivity index (χ0) is 5.86. The van der Waals surface area contributed by atoms with E-state index in [0.717, 1.165) is 5.57 Å². The molecule has 38 valence electrons. The maximum Gasteiger partial charge on any atom is 0.0697 e. The Hall–Kier alpha value is -0.770. The highest BCUT2D eigenvalue weighted by atomic mass is 14.3. The van der Waals surface area contributed by atoms with Crippen LogP contribution in [0.15, 0.2) is 12.2 Å². The lowest BCUT2D eigenvalue weighted by Gasteiger charge is -1.94. The first kappa shape index (κ1) is 6.23. The van der Waals surface area contributed by atoms with E-state index in [-0.39, 0.29) is 5.92 Å². The second-order valence-electron chi connectivity index (χ2n) is 1.70. The summed E-state index contributed by atoms with van der Waals surface area (Å²) in [4.78, 5) is 0. The van der Waals surface area contributed by atoms with E-state index in [1.807, 2.05) is 13.8 Å². The Bertz CT molecular complexity index is 108. The van der Waals surface area contributed by atoms with Gasteiger partial charge in [-0.3, -0.25) is 0 Å². The van der Waals surface area contributed by atoms with E-state index in [2.05, 4.69) is 12.6 Å². The molecule has 0 saturated heterocycles. The van der Waals surface area contributed by atoms with Gasteiger partial charge in [-0.25, -0.2) is 0 Å². The highest BCUT2D eigenvalue weighted by Gasteiger charge is 1.95. The second-order valence-corrected chi connectivity index (χ2v) is 1.70. The molecular weight excluding hydrogens is 86.1 g/mol. The van der Waals surface area contributed by atoms with Crippen LogP contribution in [0.5, 0.6) is 0 Å². The molecule has 0 saturated carbocycles. The molecule has 0 radical (unpaired) electrons. The summed E-state index contributed by atoms with van der Waals surface area (Å²) in [5.41, 5.74) is 0.933. The predicted octanol–water partition coefficient (Wildman–Crippen LogP) is 1.72.